The van der Waals surface area contributed by atoms with Crippen molar-refractivity contribution in [1.29, 1.82) is 0 Å². The van der Waals surface area contributed by atoms with Crippen LogP contribution in [0.3, 0.4) is 0 Å². The van der Waals surface area contributed by atoms with Crippen molar-refractivity contribution in [1.82, 2.24) is 25.6 Å². The molecule has 8 heteroatoms. The van der Waals surface area contributed by atoms with Crippen LogP contribution in [0.2, 0.25) is 0 Å². The summed E-state index contributed by atoms with van der Waals surface area (Å²) in [4.78, 5) is 12.9. The van der Waals surface area contributed by atoms with Crippen LogP contribution in [0.15, 0.2) is 35.4 Å². The van der Waals surface area contributed by atoms with Crippen LogP contribution in [0.1, 0.15) is 25.3 Å². The lowest BCUT2D eigenvalue weighted by Crippen LogP contribution is -2.26. The standard InChI is InChI=1S/C13H17N7O/c1-2-6-11(10-7-4-3-5-8-10)15-16-12(21)9-20-18-13(14)17-19-20/h3-5,7-8H,2,6,9H2,1H3,(H2,14,18)(H,16,21). The Balaban J connectivity index is 2.00. The second-order valence-electron chi connectivity index (χ2n) is 4.39. The zero-order valence-electron chi connectivity index (χ0n) is 11.7. The van der Waals surface area contributed by atoms with E-state index in [0.717, 1.165) is 28.9 Å². The van der Waals surface area contributed by atoms with E-state index in [1.54, 1.807) is 0 Å². The van der Waals surface area contributed by atoms with E-state index in [2.05, 4.69) is 32.9 Å². The molecule has 0 aliphatic heterocycles. The first-order chi connectivity index (χ1) is 10.2. The van der Waals surface area contributed by atoms with E-state index < -0.39 is 0 Å². The Hall–Kier alpha value is -2.77. The van der Waals surface area contributed by atoms with Crippen LogP contribution in [0.25, 0.3) is 0 Å². The maximum Gasteiger partial charge on any atom is 0.263 e. The average Bonchev–Trinajstić information content (AvgIpc) is 2.89. The molecule has 1 aromatic carbocycles. The van der Waals surface area contributed by atoms with Gasteiger partial charge in [-0.05, 0) is 17.2 Å². The number of carbonyl (C=O) groups excluding carboxylic acids is 1. The minimum absolute atomic E-state index is 0.0299. The molecule has 21 heavy (non-hydrogen) atoms. The Morgan fingerprint density at radius 1 is 1.38 bits per heavy atom. The summed E-state index contributed by atoms with van der Waals surface area (Å²) >= 11 is 0. The van der Waals surface area contributed by atoms with Gasteiger partial charge in [-0.25, -0.2) is 5.43 Å². The first kappa shape index (κ1) is 14.6. The third-order valence-corrected chi connectivity index (χ3v) is 2.66. The van der Waals surface area contributed by atoms with Crippen molar-refractivity contribution in [3.63, 3.8) is 0 Å². The topological polar surface area (TPSA) is 111 Å². The molecule has 0 aliphatic carbocycles. The number of tetrazole rings is 1. The molecule has 110 valence electrons. The van der Waals surface area contributed by atoms with Gasteiger partial charge in [-0.1, -0.05) is 48.8 Å². The largest absolute Gasteiger partial charge is 0.365 e. The highest BCUT2D eigenvalue weighted by Gasteiger charge is 2.07. The Labute approximate surface area is 122 Å². The summed E-state index contributed by atoms with van der Waals surface area (Å²) < 4.78 is 0. The van der Waals surface area contributed by atoms with Crippen LogP contribution in [-0.2, 0) is 11.3 Å². The molecule has 2 rings (SSSR count). The molecule has 0 atom stereocenters. The van der Waals surface area contributed by atoms with Gasteiger partial charge in [-0.15, -0.1) is 5.10 Å². The molecule has 0 aliphatic rings. The number of nitrogens with one attached hydrogen (secondary N) is 1. The van der Waals surface area contributed by atoms with E-state index >= 15 is 0 Å². The highest BCUT2D eigenvalue weighted by molar-refractivity contribution is 6.01. The fourth-order valence-electron chi connectivity index (χ4n) is 1.75. The molecule has 0 spiro atoms. The molecule has 0 unspecified atom stereocenters. The lowest BCUT2D eigenvalue weighted by molar-refractivity contribution is -0.122. The van der Waals surface area contributed by atoms with Crippen LogP contribution in [0.4, 0.5) is 5.95 Å². The number of hydrogen-bond acceptors (Lipinski definition) is 6. The SMILES string of the molecule is CCCC(=NNC(=O)Cn1nnc(N)n1)c1ccccc1. The quantitative estimate of drug-likeness (QED) is 0.596. The van der Waals surface area contributed by atoms with Crippen LogP contribution in [0.5, 0.6) is 0 Å². The van der Waals surface area contributed by atoms with Gasteiger partial charge in [0.2, 0.25) is 0 Å². The number of amides is 1. The summed E-state index contributed by atoms with van der Waals surface area (Å²) in [5, 5.41) is 15.0. The molecule has 1 heterocycles. The van der Waals surface area contributed by atoms with Crippen LogP contribution in [0, 0.1) is 0 Å². The van der Waals surface area contributed by atoms with Gasteiger partial charge in [-0.3, -0.25) is 4.79 Å². The lowest BCUT2D eigenvalue weighted by Gasteiger charge is -2.06. The highest BCUT2D eigenvalue weighted by Crippen LogP contribution is 2.05. The molecule has 0 bridgehead atoms. The number of anilines is 1. The summed E-state index contributed by atoms with van der Waals surface area (Å²) in [6, 6.07) is 9.72. The van der Waals surface area contributed by atoms with Crippen molar-refractivity contribution < 1.29 is 4.79 Å². The lowest BCUT2D eigenvalue weighted by atomic mass is 10.1. The van der Waals surface area contributed by atoms with Gasteiger partial charge < -0.3 is 5.73 Å². The number of aromatic nitrogens is 4. The summed E-state index contributed by atoms with van der Waals surface area (Å²) in [6.45, 7) is 1.98. The van der Waals surface area contributed by atoms with Crippen molar-refractivity contribution in [2.24, 2.45) is 5.10 Å². The molecule has 0 saturated heterocycles. The second-order valence-corrected chi connectivity index (χ2v) is 4.39. The molecule has 3 N–H and O–H groups in total. The molecule has 8 nitrogen and oxygen atoms in total. The number of carbonyl (C=O) groups is 1. The molecular formula is C13H17N7O. The number of nitrogens with zero attached hydrogens (tertiary/aromatic N) is 5. The minimum Gasteiger partial charge on any atom is -0.365 e. The highest BCUT2D eigenvalue weighted by atomic mass is 16.2. The van der Waals surface area contributed by atoms with Gasteiger partial charge >= 0.3 is 0 Å². The fraction of sp³-hybridized carbons (Fsp3) is 0.308. The van der Waals surface area contributed by atoms with E-state index in [1.165, 1.54) is 0 Å². The van der Waals surface area contributed by atoms with E-state index in [0.29, 0.717) is 0 Å². The Morgan fingerprint density at radius 2 is 2.14 bits per heavy atom. The number of nitrogen functional groups attached to an aromatic ring is 1. The van der Waals surface area contributed by atoms with Gasteiger partial charge in [0.05, 0.1) is 5.71 Å². The van der Waals surface area contributed by atoms with Gasteiger partial charge in [0, 0.05) is 0 Å². The Morgan fingerprint density at radius 3 is 2.76 bits per heavy atom. The average molecular weight is 287 g/mol. The van der Waals surface area contributed by atoms with Crippen molar-refractivity contribution in [2.75, 3.05) is 5.73 Å². The third kappa shape index (κ3) is 4.37. The predicted molar refractivity (Wildman–Crippen MR) is 78.3 cm³/mol. The Bertz CT molecular complexity index is 620. The first-order valence-corrected chi connectivity index (χ1v) is 6.63. The third-order valence-electron chi connectivity index (χ3n) is 2.66. The maximum absolute atomic E-state index is 11.8. The number of benzene rings is 1. The van der Waals surface area contributed by atoms with E-state index in [4.69, 9.17) is 5.73 Å². The van der Waals surface area contributed by atoms with Crippen LogP contribution < -0.4 is 11.2 Å². The van der Waals surface area contributed by atoms with Crippen molar-refractivity contribution in [2.45, 2.75) is 26.3 Å². The smallest absolute Gasteiger partial charge is 0.263 e. The van der Waals surface area contributed by atoms with Gasteiger partial charge in [0.15, 0.2) is 0 Å². The van der Waals surface area contributed by atoms with Gasteiger partial charge in [0.25, 0.3) is 11.9 Å². The summed E-state index contributed by atoms with van der Waals surface area (Å²) in [6.07, 6.45) is 1.71. The number of nitrogens with two attached hydrogens (primary N) is 1. The Kier molecular flexibility index (Phi) is 4.97. The molecule has 0 fully saturated rings. The summed E-state index contributed by atoms with van der Waals surface area (Å²) in [5.74, 6) is -0.306. The molecule has 0 radical (unpaired) electrons. The van der Waals surface area contributed by atoms with Crippen molar-refractivity contribution >= 4 is 17.6 Å². The van der Waals surface area contributed by atoms with E-state index in [9.17, 15) is 4.79 Å². The first-order valence-electron chi connectivity index (χ1n) is 6.63. The molecule has 1 amide bonds. The van der Waals surface area contributed by atoms with E-state index in [-0.39, 0.29) is 18.4 Å². The zero-order chi connectivity index (χ0) is 15.1. The van der Waals surface area contributed by atoms with Gasteiger partial charge in [0.1, 0.15) is 6.54 Å². The van der Waals surface area contributed by atoms with Crippen LogP contribution >= 0.6 is 0 Å². The van der Waals surface area contributed by atoms with Gasteiger partial charge in [-0.2, -0.15) is 9.90 Å². The number of hydrogen-bond donors (Lipinski definition) is 2. The van der Waals surface area contributed by atoms with Crippen molar-refractivity contribution in [3.8, 4) is 0 Å². The van der Waals surface area contributed by atoms with Crippen LogP contribution in [-0.4, -0.2) is 31.8 Å². The molecule has 0 saturated carbocycles. The summed E-state index contributed by atoms with van der Waals surface area (Å²) in [7, 11) is 0. The number of hydrazone groups is 1. The molecule has 1 aromatic heterocycles. The zero-order valence-corrected chi connectivity index (χ0v) is 11.7. The summed E-state index contributed by atoms with van der Waals surface area (Å²) in [5.41, 5.74) is 9.65. The van der Waals surface area contributed by atoms with Crippen molar-refractivity contribution in [3.05, 3.63) is 35.9 Å². The molecular weight excluding hydrogens is 270 g/mol. The monoisotopic (exact) mass is 287 g/mol. The minimum atomic E-state index is -0.336. The molecule has 2 aromatic rings. The predicted octanol–water partition coefficient (Wildman–Crippen LogP) is 0.576. The van der Waals surface area contributed by atoms with E-state index in [1.807, 2.05) is 30.3 Å². The fourth-order valence-corrected chi connectivity index (χ4v) is 1.75. The second kappa shape index (κ2) is 7.13. The normalized spacial score (nSPS) is 11.4. The maximum atomic E-state index is 11.8. The number of rotatable bonds is 6.